The van der Waals surface area contributed by atoms with Crippen LogP contribution in [0.4, 0.5) is 0 Å². The van der Waals surface area contributed by atoms with Crippen molar-refractivity contribution in [2.75, 3.05) is 0 Å². The van der Waals surface area contributed by atoms with Crippen LogP contribution in [-0.2, 0) is 0 Å². The van der Waals surface area contributed by atoms with E-state index in [-0.39, 0.29) is 0 Å². The molecule has 1 aromatic carbocycles. The minimum atomic E-state index is 1.05. The topological polar surface area (TPSA) is 0 Å². The van der Waals surface area contributed by atoms with Gasteiger partial charge in [0, 0.05) is 0 Å². The Labute approximate surface area is 92.6 Å². The molecule has 0 saturated heterocycles. The number of hydrogen-bond acceptors (Lipinski definition) is 0. The maximum absolute atomic E-state index is 4.02. The number of benzene rings is 1. The quantitative estimate of drug-likeness (QED) is 0.626. The summed E-state index contributed by atoms with van der Waals surface area (Å²) in [5, 5.41) is 0. The van der Waals surface area contributed by atoms with Crippen molar-refractivity contribution >= 4 is 5.57 Å². The highest BCUT2D eigenvalue weighted by Crippen LogP contribution is 2.25. The summed E-state index contributed by atoms with van der Waals surface area (Å²) in [6.45, 7) is 14.1. The number of rotatable bonds is 3. The fourth-order valence-corrected chi connectivity index (χ4v) is 1.55. The third-order valence-corrected chi connectivity index (χ3v) is 2.29. The molecular formula is C15H18. The summed E-state index contributed by atoms with van der Waals surface area (Å²) in [6, 6.07) is 8.34. The third-order valence-electron chi connectivity index (χ3n) is 2.29. The molecule has 0 amide bonds. The summed E-state index contributed by atoms with van der Waals surface area (Å²) in [6.07, 6.45) is 2.09. The zero-order valence-electron chi connectivity index (χ0n) is 9.80. The maximum Gasteiger partial charge on any atom is -0.0152 e. The van der Waals surface area contributed by atoms with E-state index in [1.165, 1.54) is 16.7 Å². The molecule has 1 aromatic rings. The van der Waals surface area contributed by atoms with Gasteiger partial charge in [0.05, 0.1) is 0 Å². The molecular weight excluding hydrogens is 180 g/mol. The minimum Gasteiger partial charge on any atom is -0.0961 e. The van der Waals surface area contributed by atoms with Gasteiger partial charge in [-0.2, -0.15) is 0 Å². The molecule has 1 rings (SSSR count). The molecule has 0 nitrogen and oxygen atoms in total. The van der Waals surface area contributed by atoms with Crippen LogP contribution >= 0.6 is 0 Å². The number of hydrogen-bond donors (Lipinski definition) is 0. The van der Waals surface area contributed by atoms with Crippen LogP contribution in [0.25, 0.3) is 5.57 Å². The molecule has 78 valence electrons. The largest absolute Gasteiger partial charge is 0.0961 e. The van der Waals surface area contributed by atoms with Gasteiger partial charge in [-0.05, 0) is 37.5 Å². The highest BCUT2D eigenvalue weighted by molar-refractivity contribution is 5.81. The molecule has 0 spiro atoms. The molecule has 0 radical (unpaired) electrons. The summed E-state index contributed by atoms with van der Waals surface area (Å²) >= 11 is 0. The Morgan fingerprint density at radius 2 is 1.73 bits per heavy atom. The number of allylic oxidation sites excluding steroid dienone is 4. The van der Waals surface area contributed by atoms with E-state index in [9.17, 15) is 0 Å². The molecule has 0 saturated carbocycles. The van der Waals surface area contributed by atoms with Crippen molar-refractivity contribution in [2.24, 2.45) is 0 Å². The van der Waals surface area contributed by atoms with Crippen molar-refractivity contribution < 1.29 is 0 Å². The zero-order valence-corrected chi connectivity index (χ0v) is 9.80. The lowest BCUT2D eigenvalue weighted by atomic mass is 9.94. The normalized spacial score (nSPS) is 11.3. The van der Waals surface area contributed by atoms with Gasteiger partial charge in [-0.15, -0.1) is 0 Å². The van der Waals surface area contributed by atoms with Crippen molar-refractivity contribution in [3.8, 4) is 0 Å². The van der Waals surface area contributed by atoms with Crippen LogP contribution in [0.2, 0.25) is 0 Å². The molecule has 15 heavy (non-hydrogen) atoms. The first-order chi connectivity index (χ1) is 7.02. The maximum atomic E-state index is 4.02. The van der Waals surface area contributed by atoms with Crippen LogP contribution < -0.4 is 0 Å². The first-order valence-electron chi connectivity index (χ1n) is 5.11. The number of aryl methyl sites for hydroxylation is 1. The monoisotopic (exact) mass is 198 g/mol. The minimum absolute atomic E-state index is 1.05. The van der Waals surface area contributed by atoms with E-state index in [2.05, 4.69) is 50.4 Å². The van der Waals surface area contributed by atoms with Gasteiger partial charge in [0.1, 0.15) is 0 Å². The molecule has 0 bridgehead atoms. The van der Waals surface area contributed by atoms with Gasteiger partial charge < -0.3 is 0 Å². The lowest BCUT2D eigenvalue weighted by Gasteiger charge is -2.10. The van der Waals surface area contributed by atoms with Crippen LogP contribution in [0.1, 0.15) is 25.0 Å². The Bertz CT molecular complexity index is 419. The Kier molecular flexibility index (Phi) is 3.68. The van der Waals surface area contributed by atoms with Gasteiger partial charge in [-0.1, -0.05) is 54.6 Å². The van der Waals surface area contributed by atoms with Crippen LogP contribution in [0.15, 0.2) is 54.6 Å². The molecule has 0 aliphatic rings. The molecule has 0 unspecified atom stereocenters. The molecule has 0 aliphatic heterocycles. The van der Waals surface area contributed by atoms with Gasteiger partial charge in [0.25, 0.3) is 0 Å². The SMILES string of the molecule is C=C(C)/C=C(\C(=C)C)c1ccccc1C. The Hall–Kier alpha value is -1.56. The summed E-state index contributed by atoms with van der Waals surface area (Å²) in [4.78, 5) is 0. The van der Waals surface area contributed by atoms with Crippen LogP contribution in [0.5, 0.6) is 0 Å². The van der Waals surface area contributed by atoms with E-state index in [4.69, 9.17) is 0 Å². The first-order valence-corrected chi connectivity index (χ1v) is 5.11. The van der Waals surface area contributed by atoms with E-state index in [0.717, 1.165) is 11.1 Å². The third kappa shape index (κ3) is 2.95. The zero-order chi connectivity index (χ0) is 11.4. The molecule has 0 heteroatoms. The van der Waals surface area contributed by atoms with Crippen molar-refractivity contribution in [1.29, 1.82) is 0 Å². The summed E-state index contributed by atoms with van der Waals surface area (Å²) in [5.74, 6) is 0. The Morgan fingerprint density at radius 3 is 2.20 bits per heavy atom. The van der Waals surface area contributed by atoms with E-state index in [1.807, 2.05) is 13.8 Å². The average molecular weight is 198 g/mol. The summed E-state index contributed by atoms with van der Waals surface area (Å²) in [5.41, 5.74) is 5.82. The molecule has 0 heterocycles. The highest BCUT2D eigenvalue weighted by atomic mass is 14.1. The molecule has 0 atom stereocenters. The molecule has 0 N–H and O–H groups in total. The standard InChI is InChI=1S/C15H18/c1-11(2)10-15(12(3)4)14-9-7-6-8-13(14)5/h6-10H,1,3H2,2,4-5H3/b15-10+. The van der Waals surface area contributed by atoms with Gasteiger partial charge in [0.2, 0.25) is 0 Å². The highest BCUT2D eigenvalue weighted by Gasteiger charge is 2.04. The lowest BCUT2D eigenvalue weighted by molar-refractivity contribution is 1.39. The van der Waals surface area contributed by atoms with Gasteiger partial charge in [-0.3, -0.25) is 0 Å². The fourth-order valence-electron chi connectivity index (χ4n) is 1.55. The fraction of sp³-hybridized carbons (Fsp3) is 0.200. The van der Waals surface area contributed by atoms with E-state index >= 15 is 0 Å². The predicted octanol–water partition coefficient (Wildman–Crippen LogP) is 4.53. The van der Waals surface area contributed by atoms with Crippen molar-refractivity contribution in [3.63, 3.8) is 0 Å². The van der Waals surface area contributed by atoms with Gasteiger partial charge >= 0.3 is 0 Å². The second-order valence-corrected chi connectivity index (χ2v) is 4.00. The van der Waals surface area contributed by atoms with Crippen LogP contribution in [0, 0.1) is 6.92 Å². The summed E-state index contributed by atoms with van der Waals surface area (Å²) in [7, 11) is 0. The van der Waals surface area contributed by atoms with E-state index in [0.29, 0.717) is 0 Å². The summed E-state index contributed by atoms with van der Waals surface area (Å²) < 4.78 is 0. The lowest BCUT2D eigenvalue weighted by Crippen LogP contribution is -1.90. The van der Waals surface area contributed by atoms with E-state index < -0.39 is 0 Å². The molecule has 0 aromatic heterocycles. The first kappa shape index (κ1) is 11.5. The second-order valence-electron chi connectivity index (χ2n) is 4.00. The van der Waals surface area contributed by atoms with Crippen LogP contribution in [0.3, 0.4) is 0 Å². The van der Waals surface area contributed by atoms with Crippen molar-refractivity contribution in [3.05, 3.63) is 65.8 Å². The Morgan fingerprint density at radius 1 is 1.13 bits per heavy atom. The molecule has 0 fully saturated rings. The van der Waals surface area contributed by atoms with Gasteiger partial charge in [-0.25, -0.2) is 0 Å². The predicted molar refractivity (Wildman–Crippen MR) is 68.8 cm³/mol. The average Bonchev–Trinajstić information content (AvgIpc) is 2.15. The van der Waals surface area contributed by atoms with Crippen LogP contribution in [-0.4, -0.2) is 0 Å². The van der Waals surface area contributed by atoms with Crippen molar-refractivity contribution in [1.82, 2.24) is 0 Å². The van der Waals surface area contributed by atoms with E-state index in [1.54, 1.807) is 0 Å². The Balaban J connectivity index is 3.29. The van der Waals surface area contributed by atoms with Gasteiger partial charge in [0.15, 0.2) is 0 Å². The second kappa shape index (κ2) is 4.79. The molecule has 0 aliphatic carbocycles. The van der Waals surface area contributed by atoms with Crippen molar-refractivity contribution in [2.45, 2.75) is 20.8 Å². The smallest absolute Gasteiger partial charge is 0.0152 e.